The highest BCUT2D eigenvalue weighted by atomic mass is 35.5. The number of rotatable bonds is 11. The minimum Gasteiger partial charge on any atom is -0.495 e. The van der Waals surface area contributed by atoms with Crippen molar-refractivity contribution in [1.82, 2.24) is 9.97 Å². The number of methoxy groups -OCH3 is 1. The number of benzene rings is 8. The van der Waals surface area contributed by atoms with Crippen LogP contribution in [0.25, 0.3) is 0 Å². The molecule has 0 amide bonds. The van der Waals surface area contributed by atoms with E-state index in [-0.39, 0.29) is 30.4 Å². The fraction of sp³-hybridized carbons (Fsp3) is 0.352. The molecule has 0 saturated heterocycles. The van der Waals surface area contributed by atoms with Crippen molar-refractivity contribution in [1.29, 1.82) is 52.6 Å². The molecule has 0 aliphatic rings. The first kappa shape index (κ1) is 114. The number of hydrogen-bond donors (Lipinski definition) is 0. The number of alkyl halides is 6. The number of nitriles is 10. The lowest BCUT2D eigenvalue weighted by Gasteiger charge is -2.12. The van der Waals surface area contributed by atoms with Crippen LogP contribution in [0.4, 0.5) is 30.7 Å². The molecule has 664 valence electrons. The summed E-state index contributed by atoms with van der Waals surface area (Å²) in [5, 5.41) is 87.1. The molecule has 0 unspecified atom stereocenters. The second-order valence-electron chi connectivity index (χ2n) is 32.0. The van der Waals surface area contributed by atoms with E-state index in [9.17, 15) is 30.7 Å². The Kier molecular flexibility index (Phi) is 50.8. The fourth-order valence-electron chi connectivity index (χ4n) is 10.7. The van der Waals surface area contributed by atoms with Gasteiger partial charge in [-0.1, -0.05) is 242 Å². The quantitative estimate of drug-likeness (QED) is 0.109. The highest BCUT2D eigenvalue weighted by Crippen LogP contribution is 2.36. The van der Waals surface area contributed by atoms with Crippen LogP contribution in [0.2, 0.25) is 10.0 Å². The van der Waals surface area contributed by atoms with Crippen molar-refractivity contribution >= 4 is 23.2 Å². The molecular weight excluding hydrogens is 1650 g/mol. The van der Waals surface area contributed by atoms with Gasteiger partial charge in [0, 0.05) is 12.4 Å². The molecule has 0 aliphatic carbocycles. The molecule has 0 radical (unpaired) electrons. The number of pyridine rings is 2. The molecule has 22 heteroatoms. The maximum Gasteiger partial charge on any atom is 0.419 e. The number of hydrogen-bond acceptors (Lipinski definition) is 13. The normalized spacial score (nSPS) is 10.2. The molecule has 0 aliphatic heterocycles. The summed E-state index contributed by atoms with van der Waals surface area (Å²) in [6.07, 6.45) is -5.99. The van der Waals surface area contributed by atoms with E-state index < -0.39 is 35.0 Å². The van der Waals surface area contributed by atoms with E-state index in [0.717, 1.165) is 62.2 Å². The molecule has 0 spiro atoms. The Morgan fingerprint density at radius 1 is 0.283 bits per heavy atom. The topological polar surface area (TPSA) is 273 Å². The van der Waals surface area contributed by atoms with Crippen LogP contribution in [0, 0.1) is 140 Å². The molecule has 0 atom stereocenters. The van der Waals surface area contributed by atoms with Gasteiger partial charge in [-0.25, -0.2) is 14.4 Å². The number of nitrogens with zero attached hydrogens (tertiary/aromatic N) is 12. The zero-order chi connectivity index (χ0) is 96.2. The average molecular weight is 1770 g/mol. The Morgan fingerprint density at radius 2 is 0.583 bits per heavy atom. The maximum atomic E-state index is 13.0. The van der Waals surface area contributed by atoms with E-state index in [1.807, 2.05) is 146 Å². The monoisotopic (exact) mass is 1760 g/mol. The van der Waals surface area contributed by atoms with Gasteiger partial charge in [0.1, 0.15) is 41.9 Å². The van der Waals surface area contributed by atoms with Gasteiger partial charge in [0.2, 0.25) is 0 Å². The van der Waals surface area contributed by atoms with E-state index in [0.29, 0.717) is 91.1 Å². The van der Waals surface area contributed by atoms with Gasteiger partial charge in [0.15, 0.2) is 11.4 Å². The SMILES string of the molecule is C.CC(C)c1ccc(C#N)c(C(F)(F)F)c1.CC(C)c1ccc(C#N)c(Cl)c1.CC(C)c1ccc(C#N)c(F)c1.CC(C)c1ccc(C#N)cc1.CC(C)c1cnc(C#N)c(C(F)(F)F)c1.CC(C)c1cnc(C#N)c(Cl)c1.COc1cc(C(C)C)ccc1C#N.Cc1cc(C(C)C)ccc1C#N.Cc1cc(C(C)C)ccc1C#N.Cc1ccc(C(C)C)cc1C#N. The van der Waals surface area contributed by atoms with Crippen LogP contribution < -0.4 is 4.74 Å². The molecule has 127 heavy (non-hydrogen) atoms. The average Bonchev–Trinajstić information content (AvgIpc) is 0.815. The third-order valence-electron chi connectivity index (χ3n) is 19.2. The standard InChI is InChI=1S/C11H10F3N.C11H13NO.3C11H13N.C10H10ClN.C10H9F3N2.C10H10FN.C10H11N.C9H9ClN2.CH4/c1-7(2)8-3-4-9(6-15)10(5-8)11(12,13)14;1-8(2)9-4-5-10(7-12)11(6-9)13-3;2*1-8(2)10-4-5-11(7-12)9(3)6-10;1-8(2)10-5-4-9(3)11(6-10)7-12;1-7(2)8-3-4-9(6-12)10(11)5-8;1-6(2)7-3-8(10(11,12)13)9(4-14)15-5-7;1-7(2)8-3-4-9(6-12)10(11)5-8;1-8(2)10-5-3-9(7-11)4-6-10;1-6(2)7-3-8(10)9(4-11)12-5-7;/h3-5,7H,1-2H3;4-6,8H,1-3H3;3*4-6,8H,1-3H3;3-5,7H,1-2H3;3,5-6H,1-2H3;3-5,7H,1-2H3;3-6,8H,1-2H3;3,5-6H,1-2H3;1H4. The molecule has 10 rings (SSSR count). The summed E-state index contributed by atoms with van der Waals surface area (Å²) in [4.78, 5) is 7.43. The lowest BCUT2D eigenvalue weighted by Crippen LogP contribution is -2.10. The van der Waals surface area contributed by atoms with Crippen LogP contribution in [0.3, 0.4) is 0 Å². The summed E-state index contributed by atoms with van der Waals surface area (Å²) in [5.74, 6) is 3.92. The van der Waals surface area contributed by atoms with Gasteiger partial charge in [-0.2, -0.15) is 79.0 Å². The second kappa shape index (κ2) is 56.7. The van der Waals surface area contributed by atoms with Gasteiger partial charge >= 0.3 is 12.4 Å². The molecule has 0 bridgehead atoms. The number of aryl methyl sites for hydroxylation is 3. The Hall–Kier alpha value is -13.2. The highest BCUT2D eigenvalue weighted by molar-refractivity contribution is 6.32. The summed E-state index contributed by atoms with van der Waals surface area (Å²) >= 11 is 11.6. The molecule has 2 heterocycles. The summed E-state index contributed by atoms with van der Waals surface area (Å²) < 4.78 is 93.1. The van der Waals surface area contributed by atoms with E-state index in [4.69, 9.17) is 80.6 Å². The summed E-state index contributed by atoms with van der Waals surface area (Å²) in [6.45, 7) is 46.7. The minimum absolute atomic E-state index is 0. The molecule has 0 N–H and O–H groups in total. The predicted molar refractivity (Wildman–Crippen MR) is 496 cm³/mol. The van der Waals surface area contributed by atoms with Crippen molar-refractivity contribution in [3.05, 3.63) is 331 Å². The van der Waals surface area contributed by atoms with E-state index >= 15 is 0 Å². The van der Waals surface area contributed by atoms with E-state index in [1.165, 1.54) is 63.8 Å². The van der Waals surface area contributed by atoms with Crippen LogP contribution in [0.1, 0.15) is 344 Å². The third-order valence-corrected chi connectivity index (χ3v) is 19.8. The zero-order valence-corrected chi connectivity index (χ0v) is 77.7. The van der Waals surface area contributed by atoms with Crippen molar-refractivity contribution < 1.29 is 35.5 Å². The van der Waals surface area contributed by atoms with Crippen LogP contribution in [0.5, 0.6) is 5.75 Å². The van der Waals surface area contributed by atoms with Gasteiger partial charge in [0.05, 0.1) is 103 Å². The largest absolute Gasteiger partial charge is 0.495 e. The molecule has 10 aromatic rings. The summed E-state index contributed by atoms with van der Waals surface area (Å²) in [7, 11) is 1.58. The van der Waals surface area contributed by atoms with Crippen LogP contribution in [-0.4, -0.2) is 17.1 Å². The predicted octanol–water partition coefficient (Wildman–Crippen LogP) is 30.7. The minimum atomic E-state index is -4.52. The third kappa shape index (κ3) is 39.3. The molecular formula is C105H115Cl2F7N12O. The van der Waals surface area contributed by atoms with Gasteiger partial charge in [-0.15, -0.1) is 0 Å². The zero-order valence-electron chi connectivity index (χ0n) is 76.2. The number of aromatic nitrogens is 2. The smallest absolute Gasteiger partial charge is 0.419 e. The Labute approximate surface area is 759 Å². The van der Waals surface area contributed by atoms with Crippen molar-refractivity contribution in [2.24, 2.45) is 0 Å². The lowest BCUT2D eigenvalue weighted by molar-refractivity contribution is -0.138. The number of ether oxygens (including phenoxy) is 1. The van der Waals surface area contributed by atoms with Gasteiger partial charge in [0.25, 0.3) is 0 Å². The highest BCUT2D eigenvalue weighted by Gasteiger charge is 2.35. The molecule has 0 fully saturated rings. The van der Waals surface area contributed by atoms with Gasteiger partial charge in [-0.3, -0.25) is 0 Å². The van der Waals surface area contributed by atoms with Crippen molar-refractivity contribution in [2.45, 2.75) is 238 Å². The van der Waals surface area contributed by atoms with Crippen molar-refractivity contribution in [2.75, 3.05) is 7.11 Å². The number of halogens is 9. The second-order valence-corrected chi connectivity index (χ2v) is 32.8. The first-order chi connectivity index (χ1) is 59.0. The van der Waals surface area contributed by atoms with Crippen LogP contribution in [-0.2, 0) is 12.4 Å². The van der Waals surface area contributed by atoms with Gasteiger partial charge in [-0.05, 0) is 243 Å². The van der Waals surface area contributed by atoms with Crippen molar-refractivity contribution in [3.8, 4) is 66.4 Å². The van der Waals surface area contributed by atoms with E-state index in [1.54, 1.807) is 69.6 Å². The van der Waals surface area contributed by atoms with Crippen LogP contribution >= 0.6 is 23.2 Å². The Balaban J connectivity index is 0.00000139. The Bertz CT molecular complexity index is 5180. The summed E-state index contributed by atoms with van der Waals surface area (Å²) in [5.41, 5.74) is 15.6. The molecule has 2 aromatic heterocycles. The van der Waals surface area contributed by atoms with E-state index in [2.05, 4.69) is 155 Å². The van der Waals surface area contributed by atoms with Crippen molar-refractivity contribution in [3.63, 3.8) is 0 Å². The Morgan fingerprint density at radius 3 is 0.921 bits per heavy atom. The first-order valence-corrected chi connectivity index (χ1v) is 41.4. The van der Waals surface area contributed by atoms with Gasteiger partial charge < -0.3 is 4.74 Å². The maximum absolute atomic E-state index is 13.0. The molecule has 0 saturated carbocycles. The first-order valence-electron chi connectivity index (χ1n) is 40.7. The summed E-state index contributed by atoms with van der Waals surface area (Å²) in [6, 6.07) is 67.8. The molecule has 8 aromatic carbocycles. The fourth-order valence-corrected chi connectivity index (χ4v) is 11.2. The lowest BCUT2D eigenvalue weighted by atomic mass is 9.97. The molecule has 13 nitrogen and oxygen atoms in total. The van der Waals surface area contributed by atoms with Crippen LogP contribution in [0.15, 0.2) is 176 Å².